The van der Waals surface area contributed by atoms with Crippen molar-refractivity contribution in [2.75, 3.05) is 6.54 Å². The van der Waals surface area contributed by atoms with Crippen LogP contribution in [0.3, 0.4) is 0 Å². The Labute approximate surface area is 114 Å². The number of aromatic nitrogens is 1. The Morgan fingerprint density at radius 3 is 2.95 bits per heavy atom. The Morgan fingerprint density at radius 1 is 1.68 bits per heavy atom. The third-order valence-electron chi connectivity index (χ3n) is 2.43. The van der Waals surface area contributed by atoms with Crippen molar-refractivity contribution in [3.8, 4) is 0 Å². The van der Waals surface area contributed by atoms with Crippen LogP contribution >= 0.6 is 11.6 Å². The van der Waals surface area contributed by atoms with Crippen molar-refractivity contribution in [1.29, 1.82) is 0 Å². The van der Waals surface area contributed by atoms with Gasteiger partial charge < -0.3 is 10.4 Å². The molecule has 0 aliphatic heterocycles. The molecule has 0 saturated heterocycles. The van der Waals surface area contributed by atoms with Gasteiger partial charge >= 0.3 is 5.69 Å². The van der Waals surface area contributed by atoms with Gasteiger partial charge in [0.25, 0.3) is 5.91 Å². The molecule has 104 valence electrons. The molecule has 7 nitrogen and oxygen atoms in total. The minimum Gasteiger partial charge on any atom is -0.391 e. The molecule has 0 saturated carbocycles. The molecule has 0 spiro atoms. The fraction of sp³-hybridized carbons (Fsp3) is 0.455. The molecule has 0 fully saturated rings. The molecule has 1 unspecified atom stereocenters. The molecule has 1 atom stereocenters. The zero-order chi connectivity index (χ0) is 14.4. The predicted molar refractivity (Wildman–Crippen MR) is 69.1 cm³/mol. The minimum atomic E-state index is -0.757. The summed E-state index contributed by atoms with van der Waals surface area (Å²) < 4.78 is 0. The second kappa shape index (κ2) is 7.01. The Balaban J connectivity index is 2.83. The van der Waals surface area contributed by atoms with Gasteiger partial charge in [-0.1, -0.05) is 24.9 Å². The molecule has 0 bridgehead atoms. The normalized spacial score (nSPS) is 11.9. The number of carbonyl (C=O) groups excluding carboxylic acids is 1. The summed E-state index contributed by atoms with van der Waals surface area (Å²) in [6.45, 7) is 1.93. The second-order valence-corrected chi connectivity index (χ2v) is 4.27. The number of nitrogens with one attached hydrogen (secondary N) is 1. The van der Waals surface area contributed by atoms with Crippen LogP contribution in [0.1, 0.15) is 30.1 Å². The van der Waals surface area contributed by atoms with Crippen LogP contribution in [-0.2, 0) is 0 Å². The number of rotatable bonds is 6. The quantitative estimate of drug-likeness (QED) is 0.469. The lowest BCUT2D eigenvalue weighted by molar-refractivity contribution is -0.385. The monoisotopic (exact) mass is 287 g/mol. The van der Waals surface area contributed by atoms with Crippen molar-refractivity contribution in [3.05, 3.63) is 33.1 Å². The summed E-state index contributed by atoms with van der Waals surface area (Å²) in [4.78, 5) is 25.5. The van der Waals surface area contributed by atoms with Gasteiger partial charge in [-0.25, -0.2) is 4.98 Å². The van der Waals surface area contributed by atoms with Gasteiger partial charge in [-0.3, -0.25) is 14.9 Å². The van der Waals surface area contributed by atoms with E-state index in [1.807, 2.05) is 6.92 Å². The summed E-state index contributed by atoms with van der Waals surface area (Å²) in [5.74, 6) is -0.661. The summed E-state index contributed by atoms with van der Waals surface area (Å²) in [5, 5.41) is 22.4. The number of nitro groups is 1. The van der Waals surface area contributed by atoms with E-state index < -0.39 is 22.6 Å². The molecule has 2 N–H and O–H groups in total. The second-order valence-electron chi connectivity index (χ2n) is 3.91. The van der Waals surface area contributed by atoms with Crippen LogP contribution in [0.15, 0.2) is 12.3 Å². The standard InChI is InChI=1S/C11H14ClN3O4/c1-2-3-7(16)6-14-11(17)8-4-5-13-10(12)9(8)15(18)19/h4-5,7,16H,2-3,6H2,1H3,(H,14,17). The summed E-state index contributed by atoms with van der Waals surface area (Å²) in [7, 11) is 0. The number of amides is 1. The van der Waals surface area contributed by atoms with E-state index in [-0.39, 0.29) is 17.3 Å². The van der Waals surface area contributed by atoms with Crippen molar-refractivity contribution in [2.24, 2.45) is 0 Å². The van der Waals surface area contributed by atoms with Gasteiger partial charge in [-0.05, 0) is 12.5 Å². The molecule has 0 aromatic carbocycles. The molecule has 1 amide bonds. The highest BCUT2D eigenvalue weighted by molar-refractivity contribution is 6.32. The highest BCUT2D eigenvalue weighted by atomic mass is 35.5. The summed E-state index contributed by atoms with van der Waals surface area (Å²) in [6, 6.07) is 1.21. The lowest BCUT2D eigenvalue weighted by Gasteiger charge is -2.10. The van der Waals surface area contributed by atoms with Crippen LogP contribution < -0.4 is 5.32 Å². The van der Waals surface area contributed by atoms with Gasteiger partial charge in [-0.2, -0.15) is 0 Å². The first kappa shape index (κ1) is 15.3. The summed E-state index contributed by atoms with van der Waals surface area (Å²) in [5.41, 5.74) is -0.708. The van der Waals surface area contributed by atoms with E-state index in [0.717, 1.165) is 6.42 Å². The largest absolute Gasteiger partial charge is 0.391 e. The Kier molecular flexibility index (Phi) is 5.65. The maximum absolute atomic E-state index is 11.8. The number of pyridine rings is 1. The SMILES string of the molecule is CCCC(O)CNC(=O)c1ccnc(Cl)c1[N+](=O)[O-]. The van der Waals surface area contributed by atoms with Crippen molar-refractivity contribution >= 4 is 23.2 Å². The Bertz CT molecular complexity index is 481. The fourth-order valence-corrected chi connectivity index (χ4v) is 1.75. The number of nitrogens with zero attached hydrogens (tertiary/aromatic N) is 2. The van der Waals surface area contributed by atoms with Crippen LogP contribution in [-0.4, -0.2) is 33.6 Å². The zero-order valence-corrected chi connectivity index (χ0v) is 11.1. The van der Waals surface area contributed by atoms with Crippen molar-refractivity contribution in [3.63, 3.8) is 0 Å². The third-order valence-corrected chi connectivity index (χ3v) is 2.70. The minimum absolute atomic E-state index is 0.0315. The van der Waals surface area contributed by atoms with Gasteiger partial charge in [0.15, 0.2) is 0 Å². The molecular weight excluding hydrogens is 274 g/mol. The molecule has 0 aliphatic rings. The molecule has 1 rings (SSSR count). The van der Waals surface area contributed by atoms with Crippen molar-refractivity contribution < 1.29 is 14.8 Å². The first-order valence-electron chi connectivity index (χ1n) is 5.72. The molecule has 0 radical (unpaired) electrons. The van der Waals surface area contributed by atoms with Crippen LogP contribution in [0.4, 0.5) is 5.69 Å². The predicted octanol–water partition coefficient (Wildman–Crippen LogP) is 1.53. The van der Waals surface area contributed by atoms with Crippen LogP contribution in [0.2, 0.25) is 5.15 Å². The van der Waals surface area contributed by atoms with E-state index in [0.29, 0.717) is 6.42 Å². The smallest absolute Gasteiger partial charge is 0.319 e. The van der Waals surface area contributed by atoms with E-state index in [9.17, 15) is 20.0 Å². The zero-order valence-electron chi connectivity index (χ0n) is 10.3. The van der Waals surface area contributed by atoms with Gasteiger partial charge in [-0.15, -0.1) is 0 Å². The molecule has 1 aromatic rings. The summed E-state index contributed by atoms with van der Waals surface area (Å²) in [6.07, 6.45) is 1.86. The maximum atomic E-state index is 11.8. The number of hydrogen-bond donors (Lipinski definition) is 2. The van der Waals surface area contributed by atoms with E-state index in [4.69, 9.17) is 11.6 Å². The van der Waals surface area contributed by atoms with E-state index in [2.05, 4.69) is 10.3 Å². The number of halogens is 1. The van der Waals surface area contributed by atoms with Crippen molar-refractivity contribution in [2.45, 2.75) is 25.9 Å². The molecule has 1 aromatic heterocycles. The first-order chi connectivity index (χ1) is 8.97. The number of aliphatic hydroxyl groups excluding tert-OH is 1. The van der Waals surface area contributed by atoms with Crippen LogP contribution in [0.5, 0.6) is 0 Å². The molecule has 1 heterocycles. The highest BCUT2D eigenvalue weighted by Crippen LogP contribution is 2.25. The van der Waals surface area contributed by atoms with Crippen molar-refractivity contribution in [1.82, 2.24) is 10.3 Å². The van der Waals surface area contributed by atoms with Gasteiger partial charge in [0.1, 0.15) is 5.56 Å². The van der Waals surface area contributed by atoms with Gasteiger partial charge in [0.05, 0.1) is 11.0 Å². The number of aliphatic hydroxyl groups is 1. The number of carbonyl (C=O) groups is 1. The first-order valence-corrected chi connectivity index (χ1v) is 6.10. The van der Waals surface area contributed by atoms with E-state index in [1.165, 1.54) is 12.3 Å². The van der Waals surface area contributed by atoms with Gasteiger partial charge in [0.2, 0.25) is 5.15 Å². The Hall–Kier alpha value is -1.73. The number of hydrogen-bond acceptors (Lipinski definition) is 5. The average molecular weight is 288 g/mol. The maximum Gasteiger partial charge on any atom is 0.319 e. The van der Waals surface area contributed by atoms with E-state index in [1.54, 1.807) is 0 Å². The summed E-state index contributed by atoms with van der Waals surface area (Å²) >= 11 is 5.60. The molecular formula is C11H14ClN3O4. The third kappa shape index (κ3) is 4.15. The van der Waals surface area contributed by atoms with Gasteiger partial charge in [0, 0.05) is 12.7 Å². The van der Waals surface area contributed by atoms with E-state index >= 15 is 0 Å². The molecule has 0 aliphatic carbocycles. The molecule has 19 heavy (non-hydrogen) atoms. The topological polar surface area (TPSA) is 105 Å². The Morgan fingerprint density at radius 2 is 2.37 bits per heavy atom. The van der Waals surface area contributed by atoms with Crippen LogP contribution in [0.25, 0.3) is 0 Å². The highest BCUT2D eigenvalue weighted by Gasteiger charge is 2.24. The average Bonchev–Trinajstić information content (AvgIpc) is 2.35. The lowest BCUT2D eigenvalue weighted by atomic mass is 10.2. The molecule has 8 heteroatoms. The lowest BCUT2D eigenvalue weighted by Crippen LogP contribution is -2.32. The van der Waals surface area contributed by atoms with Crippen LogP contribution in [0, 0.1) is 10.1 Å². The fourth-order valence-electron chi connectivity index (χ4n) is 1.53.